The molecule has 0 radical (unpaired) electrons. The Labute approximate surface area is 70.5 Å². The molecule has 11 heavy (non-hydrogen) atoms. The third-order valence-corrected chi connectivity index (χ3v) is 2.16. The van der Waals surface area contributed by atoms with Gasteiger partial charge in [-0.3, -0.25) is 0 Å². The molecule has 68 valence electrons. The fourth-order valence-corrected chi connectivity index (χ4v) is 1.37. The molecule has 0 rings (SSSR count). The lowest BCUT2D eigenvalue weighted by molar-refractivity contribution is 0.0414. The number of ether oxygens (including phenoxy) is 1. The highest BCUT2D eigenvalue weighted by molar-refractivity contribution is 4.72. The molecule has 0 aromatic heterocycles. The van der Waals surface area contributed by atoms with Gasteiger partial charge in [-0.15, -0.1) is 0 Å². The molecule has 0 aromatic rings. The van der Waals surface area contributed by atoms with E-state index in [0.29, 0.717) is 12.1 Å². The fourth-order valence-electron chi connectivity index (χ4n) is 1.37. The van der Waals surface area contributed by atoms with Crippen molar-refractivity contribution in [2.45, 2.75) is 38.8 Å². The standard InChI is InChI=1S/C9H21NO/c1-6-7-9(10(3)4)8(2)11-5/h8-9H,6-7H2,1-5H3. The summed E-state index contributed by atoms with van der Waals surface area (Å²) >= 11 is 0. The van der Waals surface area contributed by atoms with Gasteiger partial charge in [0.05, 0.1) is 6.10 Å². The summed E-state index contributed by atoms with van der Waals surface area (Å²) in [5, 5.41) is 0. The summed E-state index contributed by atoms with van der Waals surface area (Å²) < 4.78 is 5.28. The quantitative estimate of drug-likeness (QED) is 0.606. The Kier molecular flexibility index (Phi) is 5.51. The Bertz CT molecular complexity index is 93.6. The first-order valence-electron chi connectivity index (χ1n) is 4.32. The summed E-state index contributed by atoms with van der Waals surface area (Å²) in [6, 6.07) is 0.560. The summed E-state index contributed by atoms with van der Waals surface area (Å²) in [6.45, 7) is 4.33. The second-order valence-corrected chi connectivity index (χ2v) is 3.26. The number of likely N-dealkylation sites (N-methyl/N-ethyl adjacent to an activating group) is 1. The van der Waals surface area contributed by atoms with Crippen molar-refractivity contribution >= 4 is 0 Å². The van der Waals surface area contributed by atoms with Crippen LogP contribution >= 0.6 is 0 Å². The molecule has 0 bridgehead atoms. The van der Waals surface area contributed by atoms with Gasteiger partial charge in [0, 0.05) is 13.2 Å². The zero-order chi connectivity index (χ0) is 8.85. The van der Waals surface area contributed by atoms with E-state index in [1.54, 1.807) is 7.11 Å². The van der Waals surface area contributed by atoms with E-state index < -0.39 is 0 Å². The van der Waals surface area contributed by atoms with Gasteiger partial charge in [0.2, 0.25) is 0 Å². The zero-order valence-electron chi connectivity index (χ0n) is 8.42. The lowest BCUT2D eigenvalue weighted by Gasteiger charge is -2.28. The predicted molar refractivity (Wildman–Crippen MR) is 48.9 cm³/mol. The van der Waals surface area contributed by atoms with Crippen molar-refractivity contribution in [1.29, 1.82) is 0 Å². The number of nitrogens with zero attached hydrogens (tertiary/aromatic N) is 1. The molecule has 2 heteroatoms. The highest BCUT2D eigenvalue weighted by atomic mass is 16.5. The summed E-state index contributed by atoms with van der Waals surface area (Å²) in [7, 11) is 5.99. The Morgan fingerprint density at radius 2 is 1.91 bits per heavy atom. The summed E-state index contributed by atoms with van der Waals surface area (Å²) in [5.74, 6) is 0. The van der Waals surface area contributed by atoms with E-state index in [0.717, 1.165) is 0 Å². The predicted octanol–water partition coefficient (Wildman–Crippen LogP) is 1.75. The third-order valence-electron chi connectivity index (χ3n) is 2.16. The monoisotopic (exact) mass is 159 g/mol. The molecule has 0 aliphatic carbocycles. The Balaban J connectivity index is 3.87. The first-order chi connectivity index (χ1) is 5.13. The van der Waals surface area contributed by atoms with Crippen LogP contribution in [0, 0.1) is 0 Å². The second-order valence-electron chi connectivity index (χ2n) is 3.26. The minimum absolute atomic E-state index is 0.338. The maximum absolute atomic E-state index is 5.28. The van der Waals surface area contributed by atoms with Crippen molar-refractivity contribution in [3.8, 4) is 0 Å². The van der Waals surface area contributed by atoms with Gasteiger partial charge in [-0.1, -0.05) is 13.3 Å². The highest BCUT2D eigenvalue weighted by Gasteiger charge is 2.17. The topological polar surface area (TPSA) is 12.5 Å². The minimum atomic E-state index is 0.338. The molecule has 0 aliphatic rings. The molecule has 0 saturated carbocycles. The van der Waals surface area contributed by atoms with Crippen LogP contribution in [0.1, 0.15) is 26.7 Å². The lowest BCUT2D eigenvalue weighted by Crippen LogP contribution is -2.38. The van der Waals surface area contributed by atoms with E-state index in [-0.39, 0.29) is 0 Å². The number of hydrogen-bond donors (Lipinski definition) is 0. The van der Waals surface area contributed by atoms with Crippen molar-refractivity contribution in [2.75, 3.05) is 21.2 Å². The molecular formula is C9H21NO. The van der Waals surface area contributed by atoms with Gasteiger partial charge in [0.15, 0.2) is 0 Å². The van der Waals surface area contributed by atoms with Crippen molar-refractivity contribution in [3.05, 3.63) is 0 Å². The van der Waals surface area contributed by atoms with E-state index in [1.165, 1.54) is 12.8 Å². The van der Waals surface area contributed by atoms with Crippen LogP contribution in [-0.4, -0.2) is 38.3 Å². The first-order valence-corrected chi connectivity index (χ1v) is 4.32. The van der Waals surface area contributed by atoms with Crippen LogP contribution in [0.2, 0.25) is 0 Å². The van der Waals surface area contributed by atoms with E-state index in [9.17, 15) is 0 Å². The van der Waals surface area contributed by atoms with Crippen LogP contribution < -0.4 is 0 Å². The van der Waals surface area contributed by atoms with Gasteiger partial charge in [-0.2, -0.15) is 0 Å². The van der Waals surface area contributed by atoms with Crippen molar-refractivity contribution in [3.63, 3.8) is 0 Å². The van der Waals surface area contributed by atoms with Crippen LogP contribution in [0.15, 0.2) is 0 Å². The molecule has 0 fully saturated rings. The van der Waals surface area contributed by atoms with Crippen LogP contribution in [0.4, 0.5) is 0 Å². The van der Waals surface area contributed by atoms with E-state index >= 15 is 0 Å². The van der Waals surface area contributed by atoms with E-state index in [1.807, 2.05) is 0 Å². The fraction of sp³-hybridized carbons (Fsp3) is 1.00. The molecule has 0 N–H and O–H groups in total. The molecular weight excluding hydrogens is 138 g/mol. The van der Waals surface area contributed by atoms with Crippen molar-refractivity contribution in [1.82, 2.24) is 4.90 Å². The number of methoxy groups -OCH3 is 1. The molecule has 0 aliphatic heterocycles. The molecule has 0 aromatic carbocycles. The smallest absolute Gasteiger partial charge is 0.0698 e. The number of hydrogen-bond acceptors (Lipinski definition) is 2. The van der Waals surface area contributed by atoms with Crippen LogP contribution in [0.25, 0.3) is 0 Å². The second kappa shape index (κ2) is 5.56. The average molecular weight is 159 g/mol. The molecule has 0 amide bonds. The SMILES string of the molecule is CCCC(C(C)OC)N(C)C. The molecule has 0 saturated heterocycles. The summed E-state index contributed by atoms with van der Waals surface area (Å²) in [4.78, 5) is 2.23. The van der Waals surface area contributed by atoms with E-state index in [4.69, 9.17) is 4.74 Å². The van der Waals surface area contributed by atoms with Gasteiger partial charge in [0.25, 0.3) is 0 Å². The zero-order valence-corrected chi connectivity index (χ0v) is 8.42. The van der Waals surface area contributed by atoms with Gasteiger partial charge >= 0.3 is 0 Å². The molecule has 2 unspecified atom stereocenters. The highest BCUT2D eigenvalue weighted by Crippen LogP contribution is 2.09. The maximum atomic E-state index is 5.28. The van der Waals surface area contributed by atoms with Gasteiger partial charge in [-0.05, 0) is 27.4 Å². The van der Waals surface area contributed by atoms with Gasteiger partial charge in [0.1, 0.15) is 0 Å². The van der Waals surface area contributed by atoms with Gasteiger partial charge < -0.3 is 9.64 Å². The Morgan fingerprint density at radius 3 is 2.18 bits per heavy atom. The maximum Gasteiger partial charge on any atom is 0.0698 e. The molecule has 0 spiro atoms. The molecule has 2 atom stereocenters. The minimum Gasteiger partial charge on any atom is -0.380 e. The Hall–Kier alpha value is -0.0800. The average Bonchev–Trinajstić information content (AvgIpc) is 1.98. The normalized spacial score (nSPS) is 16.9. The lowest BCUT2D eigenvalue weighted by atomic mass is 10.1. The van der Waals surface area contributed by atoms with Crippen LogP contribution in [-0.2, 0) is 4.74 Å². The third kappa shape index (κ3) is 3.73. The number of rotatable bonds is 5. The van der Waals surface area contributed by atoms with E-state index in [2.05, 4.69) is 32.8 Å². The van der Waals surface area contributed by atoms with Crippen LogP contribution in [0.3, 0.4) is 0 Å². The summed E-state index contributed by atoms with van der Waals surface area (Å²) in [5.41, 5.74) is 0. The summed E-state index contributed by atoms with van der Waals surface area (Å²) in [6.07, 6.45) is 2.77. The van der Waals surface area contributed by atoms with Crippen LogP contribution in [0.5, 0.6) is 0 Å². The van der Waals surface area contributed by atoms with Crippen molar-refractivity contribution < 1.29 is 4.74 Å². The van der Waals surface area contributed by atoms with Gasteiger partial charge in [-0.25, -0.2) is 0 Å². The van der Waals surface area contributed by atoms with Crippen molar-refractivity contribution in [2.24, 2.45) is 0 Å². The Morgan fingerprint density at radius 1 is 1.36 bits per heavy atom. The molecule has 0 heterocycles. The molecule has 2 nitrogen and oxygen atoms in total. The first kappa shape index (κ1) is 10.9. The largest absolute Gasteiger partial charge is 0.380 e.